The van der Waals surface area contributed by atoms with Crippen LogP contribution in [0, 0.1) is 11.8 Å². The number of hydrogen-bond donors (Lipinski definition) is 1. The zero-order chi connectivity index (χ0) is 12.1. The summed E-state index contributed by atoms with van der Waals surface area (Å²) < 4.78 is 0. The van der Waals surface area contributed by atoms with Gasteiger partial charge in [-0.3, -0.25) is 4.79 Å². The third-order valence-corrected chi connectivity index (χ3v) is 4.23. The third kappa shape index (κ3) is 4.43. The van der Waals surface area contributed by atoms with Gasteiger partial charge in [0.25, 0.3) is 0 Å². The number of carbonyl (C=O) groups excluding carboxylic acids is 1. The van der Waals surface area contributed by atoms with Crippen LogP contribution < -0.4 is 5.32 Å². The summed E-state index contributed by atoms with van der Waals surface area (Å²) >= 11 is 0. The molecule has 0 bridgehead atoms. The highest BCUT2D eigenvalue weighted by Crippen LogP contribution is 2.30. The molecule has 18 heavy (non-hydrogen) atoms. The van der Waals surface area contributed by atoms with Gasteiger partial charge in [-0.1, -0.05) is 32.6 Å². The molecule has 4 heteroatoms. The lowest BCUT2D eigenvalue weighted by molar-refractivity contribution is -0.135. The molecule has 0 aromatic rings. The largest absolute Gasteiger partial charge is 0.341 e. The van der Waals surface area contributed by atoms with Crippen LogP contribution in [0.15, 0.2) is 0 Å². The van der Waals surface area contributed by atoms with Crippen LogP contribution in [0.25, 0.3) is 0 Å². The predicted octanol–water partition coefficient (Wildman–Crippen LogP) is 2.45. The zero-order valence-corrected chi connectivity index (χ0v) is 12.3. The topological polar surface area (TPSA) is 32.3 Å². The average Bonchev–Trinajstić information content (AvgIpc) is 2.68. The number of halogens is 1. The fourth-order valence-electron chi connectivity index (χ4n) is 3.22. The first kappa shape index (κ1) is 15.8. The Morgan fingerprint density at radius 1 is 1.22 bits per heavy atom. The Morgan fingerprint density at radius 3 is 2.67 bits per heavy atom. The van der Waals surface area contributed by atoms with E-state index in [1.54, 1.807) is 0 Å². The van der Waals surface area contributed by atoms with Gasteiger partial charge in [-0.2, -0.15) is 0 Å². The van der Waals surface area contributed by atoms with Crippen molar-refractivity contribution in [2.24, 2.45) is 11.8 Å². The van der Waals surface area contributed by atoms with E-state index in [4.69, 9.17) is 0 Å². The Kier molecular flexibility index (Phi) is 7.02. The van der Waals surface area contributed by atoms with E-state index in [0.717, 1.165) is 44.9 Å². The molecule has 1 heterocycles. The van der Waals surface area contributed by atoms with Crippen LogP contribution >= 0.6 is 12.4 Å². The highest BCUT2D eigenvalue weighted by molar-refractivity contribution is 5.85. The second-order valence-corrected chi connectivity index (χ2v) is 5.72. The monoisotopic (exact) mass is 274 g/mol. The lowest BCUT2D eigenvalue weighted by Gasteiger charge is -2.25. The van der Waals surface area contributed by atoms with Crippen molar-refractivity contribution < 1.29 is 4.79 Å². The molecule has 1 saturated heterocycles. The Morgan fingerprint density at radius 2 is 1.94 bits per heavy atom. The van der Waals surface area contributed by atoms with Gasteiger partial charge in [-0.25, -0.2) is 0 Å². The van der Waals surface area contributed by atoms with E-state index in [-0.39, 0.29) is 18.3 Å². The summed E-state index contributed by atoms with van der Waals surface area (Å²) in [5.41, 5.74) is 0. The van der Waals surface area contributed by atoms with E-state index in [9.17, 15) is 4.79 Å². The Bertz CT molecular complexity index is 246. The molecule has 3 nitrogen and oxygen atoms in total. The molecular weight excluding hydrogens is 248 g/mol. The minimum Gasteiger partial charge on any atom is -0.341 e. The van der Waals surface area contributed by atoms with Crippen LogP contribution in [0.3, 0.4) is 0 Å². The van der Waals surface area contributed by atoms with Crippen molar-refractivity contribution in [2.45, 2.75) is 45.4 Å². The summed E-state index contributed by atoms with van der Waals surface area (Å²) in [6.07, 6.45) is 7.65. The molecule has 1 saturated carbocycles. The quantitative estimate of drug-likeness (QED) is 0.857. The van der Waals surface area contributed by atoms with Crippen LogP contribution in [0.1, 0.15) is 45.4 Å². The van der Waals surface area contributed by atoms with Crippen molar-refractivity contribution in [2.75, 3.05) is 26.2 Å². The van der Waals surface area contributed by atoms with Gasteiger partial charge in [-0.05, 0) is 25.3 Å². The van der Waals surface area contributed by atoms with E-state index in [0.29, 0.717) is 5.91 Å². The molecule has 1 atom stereocenters. The first-order valence-electron chi connectivity index (χ1n) is 7.27. The number of amides is 1. The van der Waals surface area contributed by atoms with E-state index in [2.05, 4.69) is 17.1 Å². The minimum absolute atomic E-state index is 0. The molecule has 106 valence electrons. The molecule has 0 spiro atoms. The van der Waals surface area contributed by atoms with Gasteiger partial charge in [0.2, 0.25) is 5.91 Å². The van der Waals surface area contributed by atoms with E-state index >= 15 is 0 Å². The third-order valence-electron chi connectivity index (χ3n) is 4.23. The van der Waals surface area contributed by atoms with Crippen LogP contribution in [0.2, 0.25) is 0 Å². The number of rotatable bonds is 3. The van der Waals surface area contributed by atoms with Crippen molar-refractivity contribution in [1.29, 1.82) is 0 Å². The van der Waals surface area contributed by atoms with Crippen LogP contribution in [0.5, 0.6) is 0 Å². The molecular formula is C14H27ClN2O. The van der Waals surface area contributed by atoms with Crippen LogP contribution in [-0.4, -0.2) is 37.0 Å². The molecule has 0 radical (unpaired) electrons. The maximum atomic E-state index is 12.3. The van der Waals surface area contributed by atoms with Crippen molar-refractivity contribution in [3.05, 3.63) is 0 Å². The first-order chi connectivity index (χ1) is 8.27. The Hall–Kier alpha value is -0.280. The van der Waals surface area contributed by atoms with Crippen molar-refractivity contribution in [3.8, 4) is 0 Å². The number of nitrogens with one attached hydrogen (secondary N) is 1. The molecule has 2 aliphatic rings. The highest BCUT2D eigenvalue weighted by Gasteiger charge is 2.25. The summed E-state index contributed by atoms with van der Waals surface area (Å²) in [5, 5.41) is 3.35. The van der Waals surface area contributed by atoms with Gasteiger partial charge in [0.05, 0.1) is 0 Å². The predicted molar refractivity (Wildman–Crippen MR) is 77.1 cm³/mol. The van der Waals surface area contributed by atoms with Gasteiger partial charge >= 0.3 is 0 Å². The lowest BCUT2D eigenvalue weighted by Crippen LogP contribution is -2.38. The fourth-order valence-corrected chi connectivity index (χ4v) is 3.22. The summed E-state index contributed by atoms with van der Waals surface area (Å²) in [4.78, 5) is 14.4. The van der Waals surface area contributed by atoms with Gasteiger partial charge in [-0.15, -0.1) is 12.4 Å². The van der Waals surface area contributed by atoms with Crippen LogP contribution in [-0.2, 0) is 4.79 Å². The van der Waals surface area contributed by atoms with Gasteiger partial charge in [0.15, 0.2) is 0 Å². The zero-order valence-electron chi connectivity index (χ0n) is 11.5. The maximum Gasteiger partial charge on any atom is 0.225 e. The number of hydrogen-bond acceptors (Lipinski definition) is 2. The van der Waals surface area contributed by atoms with Crippen molar-refractivity contribution in [1.82, 2.24) is 10.2 Å². The van der Waals surface area contributed by atoms with E-state index < -0.39 is 0 Å². The minimum atomic E-state index is 0. The van der Waals surface area contributed by atoms with Gasteiger partial charge < -0.3 is 10.2 Å². The maximum absolute atomic E-state index is 12.3. The van der Waals surface area contributed by atoms with Crippen molar-refractivity contribution >= 4 is 18.3 Å². The van der Waals surface area contributed by atoms with Gasteiger partial charge in [0, 0.05) is 25.6 Å². The summed E-state index contributed by atoms with van der Waals surface area (Å²) in [6.45, 7) is 5.98. The molecule has 2 fully saturated rings. The summed E-state index contributed by atoms with van der Waals surface area (Å²) in [6, 6.07) is 0. The Balaban J connectivity index is 0.00000162. The molecule has 1 aliphatic carbocycles. The van der Waals surface area contributed by atoms with E-state index in [1.165, 1.54) is 25.7 Å². The molecule has 1 unspecified atom stereocenters. The van der Waals surface area contributed by atoms with Crippen molar-refractivity contribution in [3.63, 3.8) is 0 Å². The first-order valence-corrected chi connectivity index (χ1v) is 7.27. The second kappa shape index (κ2) is 8.00. The second-order valence-electron chi connectivity index (χ2n) is 5.72. The molecule has 2 rings (SSSR count). The summed E-state index contributed by atoms with van der Waals surface area (Å²) in [7, 11) is 0. The molecule has 1 aliphatic heterocycles. The van der Waals surface area contributed by atoms with Gasteiger partial charge in [0.1, 0.15) is 0 Å². The SMILES string of the molecule is CC(CC1CCCC1)C(=O)N1CCCNCC1.Cl. The molecule has 0 aromatic heterocycles. The smallest absolute Gasteiger partial charge is 0.225 e. The van der Waals surface area contributed by atoms with E-state index in [1.807, 2.05) is 0 Å². The Labute approximate surface area is 117 Å². The average molecular weight is 275 g/mol. The molecule has 1 amide bonds. The normalized spacial score (nSPS) is 23.3. The summed E-state index contributed by atoms with van der Waals surface area (Å²) in [5.74, 6) is 1.44. The fraction of sp³-hybridized carbons (Fsp3) is 0.929. The highest BCUT2D eigenvalue weighted by atomic mass is 35.5. The molecule has 0 aromatic carbocycles. The standard InChI is InChI=1S/C14H26N2O.ClH/c1-12(11-13-5-2-3-6-13)14(17)16-9-4-7-15-8-10-16;/h12-13,15H,2-11H2,1H3;1H. The number of nitrogens with zero attached hydrogens (tertiary/aromatic N) is 1. The van der Waals surface area contributed by atoms with Crippen LogP contribution in [0.4, 0.5) is 0 Å². The molecule has 1 N–H and O–H groups in total. The lowest BCUT2D eigenvalue weighted by atomic mass is 9.93. The number of carbonyl (C=O) groups is 1.